The first-order valence-electron chi connectivity index (χ1n) is 4.40. The molecule has 0 fully saturated rings. The zero-order valence-corrected chi connectivity index (χ0v) is 10.2. The number of nitrogens with one attached hydrogen (secondary N) is 1. The number of hydrogen-bond acceptors (Lipinski definition) is 4. The van der Waals surface area contributed by atoms with Crippen LogP contribution in [0.1, 0.15) is 0 Å². The lowest BCUT2D eigenvalue weighted by atomic mass is 10.5. The van der Waals surface area contributed by atoms with Crippen molar-refractivity contribution in [2.45, 2.75) is 6.73 Å². The van der Waals surface area contributed by atoms with Crippen molar-refractivity contribution in [3.63, 3.8) is 0 Å². The number of imidazole rings is 1. The Morgan fingerprint density at radius 3 is 2.81 bits per heavy atom. The number of fused-ring (bicyclic) bond motifs is 1. The summed E-state index contributed by atoms with van der Waals surface area (Å²) in [6.07, 6.45) is 0. The topological polar surface area (TPSA) is 81.9 Å². The van der Waals surface area contributed by atoms with Crippen LogP contribution in [0.3, 0.4) is 0 Å². The van der Waals surface area contributed by atoms with Gasteiger partial charge < -0.3 is 9.30 Å². The summed E-state index contributed by atoms with van der Waals surface area (Å²) in [6, 6.07) is 0. The maximum Gasteiger partial charge on any atom is 0.332 e. The van der Waals surface area contributed by atoms with Crippen LogP contribution in [0.4, 0.5) is 0 Å². The van der Waals surface area contributed by atoms with Crippen molar-refractivity contribution >= 4 is 27.1 Å². The summed E-state index contributed by atoms with van der Waals surface area (Å²) in [7, 11) is 3.14. The summed E-state index contributed by atoms with van der Waals surface area (Å²) in [5.41, 5.74) is -0.383. The maximum absolute atomic E-state index is 11.6. The molecular weight excluding hydrogens is 280 g/mol. The SMILES string of the molecule is COCn1c(=O)[nH]c(=O)c2c1nc(Br)n2C. The number of aryl methyl sites for hydroxylation is 1. The van der Waals surface area contributed by atoms with Crippen LogP contribution in [-0.2, 0) is 18.5 Å². The molecule has 1 N–H and O–H groups in total. The fourth-order valence-corrected chi connectivity index (χ4v) is 1.81. The van der Waals surface area contributed by atoms with Crippen LogP contribution in [0.15, 0.2) is 14.3 Å². The smallest absolute Gasteiger partial charge is 0.332 e. The fourth-order valence-electron chi connectivity index (χ4n) is 1.47. The van der Waals surface area contributed by atoms with Crippen molar-refractivity contribution < 1.29 is 4.74 Å². The second-order valence-electron chi connectivity index (χ2n) is 3.22. The van der Waals surface area contributed by atoms with Gasteiger partial charge in [-0.2, -0.15) is 0 Å². The van der Waals surface area contributed by atoms with E-state index >= 15 is 0 Å². The number of hydrogen-bond donors (Lipinski definition) is 1. The summed E-state index contributed by atoms with van der Waals surface area (Å²) in [5, 5.41) is 0. The van der Waals surface area contributed by atoms with Gasteiger partial charge in [0.2, 0.25) is 0 Å². The number of methoxy groups -OCH3 is 1. The molecule has 2 aromatic heterocycles. The quantitative estimate of drug-likeness (QED) is 0.776. The molecule has 0 saturated heterocycles. The molecule has 0 aromatic carbocycles. The Balaban J connectivity index is 2.96. The van der Waals surface area contributed by atoms with Gasteiger partial charge in [0.05, 0.1) is 0 Å². The molecular formula is C8H9BrN4O3. The van der Waals surface area contributed by atoms with E-state index in [1.165, 1.54) is 11.7 Å². The first-order valence-corrected chi connectivity index (χ1v) is 5.19. The largest absolute Gasteiger partial charge is 0.364 e. The number of aromatic nitrogens is 4. The molecule has 2 aromatic rings. The highest BCUT2D eigenvalue weighted by Crippen LogP contribution is 2.13. The van der Waals surface area contributed by atoms with E-state index in [0.29, 0.717) is 15.9 Å². The van der Waals surface area contributed by atoms with E-state index < -0.39 is 11.2 Å². The Morgan fingerprint density at radius 2 is 2.19 bits per heavy atom. The van der Waals surface area contributed by atoms with Crippen LogP contribution < -0.4 is 11.2 Å². The molecule has 2 rings (SSSR count). The minimum Gasteiger partial charge on any atom is -0.364 e. The van der Waals surface area contributed by atoms with E-state index in [-0.39, 0.29) is 6.73 Å². The Bertz CT molecular complexity index is 654. The van der Waals surface area contributed by atoms with Crippen molar-refractivity contribution in [3.05, 3.63) is 25.6 Å². The van der Waals surface area contributed by atoms with Gasteiger partial charge in [0.25, 0.3) is 5.56 Å². The number of H-pyrrole nitrogens is 1. The van der Waals surface area contributed by atoms with E-state index in [1.807, 2.05) is 0 Å². The molecule has 0 amide bonds. The van der Waals surface area contributed by atoms with Gasteiger partial charge in [0.15, 0.2) is 15.9 Å². The normalized spacial score (nSPS) is 11.2. The molecule has 8 heteroatoms. The van der Waals surface area contributed by atoms with Crippen LogP contribution in [0.25, 0.3) is 11.2 Å². The zero-order chi connectivity index (χ0) is 11.9. The van der Waals surface area contributed by atoms with Crippen molar-refractivity contribution in [2.24, 2.45) is 7.05 Å². The molecule has 16 heavy (non-hydrogen) atoms. The molecule has 7 nitrogen and oxygen atoms in total. The average Bonchev–Trinajstić information content (AvgIpc) is 2.50. The summed E-state index contributed by atoms with van der Waals surface area (Å²) in [4.78, 5) is 29.4. The van der Waals surface area contributed by atoms with E-state index in [0.717, 1.165) is 0 Å². The van der Waals surface area contributed by atoms with Crippen LogP contribution in [0.2, 0.25) is 0 Å². The Kier molecular flexibility index (Phi) is 2.68. The predicted molar refractivity (Wildman–Crippen MR) is 60.3 cm³/mol. The summed E-state index contributed by atoms with van der Waals surface area (Å²) < 4.78 is 8.16. The van der Waals surface area contributed by atoms with Crippen LogP contribution in [-0.4, -0.2) is 26.2 Å². The number of halogens is 1. The summed E-state index contributed by atoms with van der Waals surface area (Å²) in [5.74, 6) is 0. The van der Waals surface area contributed by atoms with Crippen LogP contribution in [0, 0.1) is 0 Å². The maximum atomic E-state index is 11.6. The van der Waals surface area contributed by atoms with Gasteiger partial charge in [0.1, 0.15) is 6.73 Å². The highest BCUT2D eigenvalue weighted by molar-refractivity contribution is 9.10. The first-order chi connectivity index (χ1) is 7.56. The van der Waals surface area contributed by atoms with E-state index in [1.54, 1.807) is 11.6 Å². The van der Waals surface area contributed by atoms with Crippen molar-refractivity contribution in [2.75, 3.05) is 7.11 Å². The van der Waals surface area contributed by atoms with E-state index in [4.69, 9.17) is 4.74 Å². The number of aromatic amines is 1. The first kappa shape index (κ1) is 11.1. The molecule has 0 radical (unpaired) electrons. The minimum absolute atomic E-state index is 0.0373. The molecule has 0 aliphatic carbocycles. The molecule has 0 saturated carbocycles. The molecule has 0 aliphatic rings. The second kappa shape index (κ2) is 3.87. The van der Waals surface area contributed by atoms with Crippen molar-refractivity contribution in [1.82, 2.24) is 19.1 Å². The molecule has 0 spiro atoms. The lowest BCUT2D eigenvalue weighted by Gasteiger charge is -2.03. The standard InChI is InChI=1S/C8H9BrN4O3/c1-12-4-5(10-7(12)9)13(3-16-2)8(15)11-6(4)14/h3H2,1-2H3,(H,11,14,15). The van der Waals surface area contributed by atoms with Gasteiger partial charge in [-0.3, -0.25) is 14.3 Å². The molecule has 0 atom stereocenters. The second-order valence-corrected chi connectivity index (χ2v) is 3.93. The number of ether oxygens (including phenoxy) is 1. The number of nitrogens with zero attached hydrogens (tertiary/aromatic N) is 3. The average molecular weight is 289 g/mol. The van der Waals surface area contributed by atoms with Gasteiger partial charge in [-0.15, -0.1) is 0 Å². The molecule has 86 valence electrons. The van der Waals surface area contributed by atoms with Gasteiger partial charge in [-0.1, -0.05) is 0 Å². The fraction of sp³-hybridized carbons (Fsp3) is 0.375. The monoisotopic (exact) mass is 288 g/mol. The highest BCUT2D eigenvalue weighted by Gasteiger charge is 2.14. The lowest BCUT2D eigenvalue weighted by molar-refractivity contribution is 0.130. The Morgan fingerprint density at radius 1 is 1.50 bits per heavy atom. The molecule has 0 bridgehead atoms. The predicted octanol–water partition coefficient (Wildman–Crippen LogP) is -0.210. The Labute approximate surface area is 97.8 Å². The minimum atomic E-state index is -0.537. The molecule has 2 heterocycles. The van der Waals surface area contributed by atoms with Gasteiger partial charge in [-0.25, -0.2) is 9.78 Å². The highest BCUT2D eigenvalue weighted by atomic mass is 79.9. The lowest BCUT2D eigenvalue weighted by Crippen LogP contribution is -2.31. The van der Waals surface area contributed by atoms with Crippen LogP contribution >= 0.6 is 15.9 Å². The zero-order valence-electron chi connectivity index (χ0n) is 8.65. The Hall–Kier alpha value is -1.41. The molecule has 0 aliphatic heterocycles. The summed E-state index contributed by atoms with van der Waals surface area (Å²) >= 11 is 3.20. The number of rotatable bonds is 2. The van der Waals surface area contributed by atoms with Gasteiger partial charge in [0, 0.05) is 14.2 Å². The van der Waals surface area contributed by atoms with Crippen molar-refractivity contribution in [1.29, 1.82) is 0 Å². The van der Waals surface area contributed by atoms with E-state index in [9.17, 15) is 9.59 Å². The third-order valence-electron chi connectivity index (χ3n) is 2.22. The van der Waals surface area contributed by atoms with Crippen molar-refractivity contribution in [3.8, 4) is 0 Å². The van der Waals surface area contributed by atoms with Gasteiger partial charge in [-0.05, 0) is 15.9 Å². The van der Waals surface area contributed by atoms with E-state index in [2.05, 4.69) is 25.9 Å². The van der Waals surface area contributed by atoms with Crippen LogP contribution in [0.5, 0.6) is 0 Å². The van der Waals surface area contributed by atoms with Gasteiger partial charge >= 0.3 is 5.69 Å². The summed E-state index contributed by atoms with van der Waals surface area (Å²) in [6.45, 7) is 0.0373. The molecule has 0 unspecified atom stereocenters. The third-order valence-corrected chi connectivity index (χ3v) is 2.93. The third kappa shape index (κ3) is 1.50.